The summed E-state index contributed by atoms with van der Waals surface area (Å²) in [6, 6.07) is 0. The van der Waals surface area contributed by atoms with Crippen molar-refractivity contribution in [2.24, 2.45) is 11.7 Å². The molecule has 13 heavy (non-hydrogen) atoms. The monoisotopic (exact) mass is 203 g/mol. The molecular formula is C9H18NO2P. The molecule has 1 rings (SSSR count). The molecule has 1 fully saturated rings. The van der Waals surface area contributed by atoms with E-state index in [0.29, 0.717) is 12.8 Å². The molecule has 0 bridgehead atoms. The van der Waals surface area contributed by atoms with E-state index in [-0.39, 0.29) is 11.6 Å². The lowest BCUT2D eigenvalue weighted by Crippen LogP contribution is -2.29. The predicted octanol–water partition coefficient (Wildman–Crippen LogP) is 1.92. The SMILES string of the molecule is C=C[C@@H]1C[C@]1(N)P(=O)(O)C(C)CC. The van der Waals surface area contributed by atoms with E-state index in [2.05, 4.69) is 6.58 Å². The zero-order valence-corrected chi connectivity index (χ0v) is 9.13. The Hall–Kier alpha value is -0.110. The van der Waals surface area contributed by atoms with Crippen molar-refractivity contribution in [2.75, 3.05) is 0 Å². The Balaban J connectivity index is 2.83. The van der Waals surface area contributed by atoms with Crippen molar-refractivity contribution in [3.8, 4) is 0 Å². The maximum absolute atomic E-state index is 12.0. The van der Waals surface area contributed by atoms with Gasteiger partial charge in [0.1, 0.15) is 5.28 Å². The van der Waals surface area contributed by atoms with E-state index in [4.69, 9.17) is 5.73 Å². The highest BCUT2D eigenvalue weighted by Crippen LogP contribution is 2.70. The lowest BCUT2D eigenvalue weighted by atomic mass is 10.4. The van der Waals surface area contributed by atoms with Crippen LogP contribution < -0.4 is 5.73 Å². The molecule has 0 heterocycles. The minimum atomic E-state index is -3.22. The maximum atomic E-state index is 12.0. The van der Waals surface area contributed by atoms with Crippen LogP contribution in [0.1, 0.15) is 26.7 Å². The summed E-state index contributed by atoms with van der Waals surface area (Å²) in [6.45, 7) is 7.30. The number of rotatable bonds is 4. The molecule has 1 saturated carbocycles. The molecular weight excluding hydrogens is 185 g/mol. The van der Waals surface area contributed by atoms with Crippen molar-refractivity contribution in [3.05, 3.63) is 12.7 Å². The van der Waals surface area contributed by atoms with Crippen LogP contribution in [0.15, 0.2) is 12.7 Å². The summed E-state index contributed by atoms with van der Waals surface area (Å²) in [5.41, 5.74) is 5.67. The van der Waals surface area contributed by atoms with Gasteiger partial charge in [-0.25, -0.2) is 0 Å². The first kappa shape index (κ1) is 11.0. The zero-order chi connectivity index (χ0) is 10.3. The van der Waals surface area contributed by atoms with E-state index in [1.165, 1.54) is 0 Å². The molecule has 0 radical (unpaired) electrons. The topological polar surface area (TPSA) is 63.3 Å². The summed E-state index contributed by atoms with van der Waals surface area (Å²) in [5.74, 6) is 0.0253. The molecule has 3 nitrogen and oxygen atoms in total. The molecule has 4 atom stereocenters. The van der Waals surface area contributed by atoms with Gasteiger partial charge in [0.2, 0.25) is 7.37 Å². The molecule has 0 aromatic rings. The van der Waals surface area contributed by atoms with Crippen LogP contribution in [0.2, 0.25) is 0 Å². The average Bonchev–Trinajstić information content (AvgIpc) is 2.77. The smallest absolute Gasteiger partial charge is 0.223 e. The van der Waals surface area contributed by atoms with Crippen LogP contribution in [0.3, 0.4) is 0 Å². The normalized spacial score (nSPS) is 39.2. The van der Waals surface area contributed by atoms with Gasteiger partial charge in [0, 0.05) is 11.6 Å². The third-order valence-corrected chi connectivity index (χ3v) is 6.37. The second kappa shape index (κ2) is 3.23. The van der Waals surface area contributed by atoms with Crippen LogP contribution in [0.25, 0.3) is 0 Å². The summed E-state index contributed by atoms with van der Waals surface area (Å²) < 4.78 is 12.0. The average molecular weight is 203 g/mol. The first-order chi connectivity index (χ1) is 5.90. The largest absolute Gasteiger partial charge is 0.343 e. The highest BCUT2D eigenvalue weighted by atomic mass is 31.2. The molecule has 76 valence electrons. The van der Waals surface area contributed by atoms with Crippen LogP contribution in [0.5, 0.6) is 0 Å². The van der Waals surface area contributed by atoms with Gasteiger partial charge < -0.3 is 10.6 Å². The molecule has 3 N–H and O–H groups in total. The molecule has 1 aliphatic rings. The van der Waals surface area contributed by atoms with Crippen LogP contribution in [-0.4, -0.2) is 15.8 Å². The summed E-state index contributed by atoms with van der Waals surface area (Å²) >= 11 is 0. The van der Waals surface area contributed by atoms with Crippen molar-refractivity contribution in [1.29, 1.82) is 0 Å². The minimum Gasteiger partial charge on any atom is -0.343 e. The fourth-order valence-electron chi connectivity index (χ4n) is 1.61. The van der Waals surface area contributed by atoms with Crippen molar-refractivity contribution < 1.29 is 9.46 Å². The van der Waals surface area contributed by atoms with Gasteiger partial charge in [-0.15, -0.1) is 6.58 Å². The van der Waals surface area contributed by atoms with Crippen LogP contribution in [0.4, 0.5) is 0 Å². The fraction of sp³-hybridized carbons (Fsp3) is 0.778. The maximum Gasteiger partial charge on any atom is 0.223 e. The van der Waals surface area contributed by atoms with Crippen LogP contribution in [-0.2, 0) is 4.57 Å². The van der Waals surface area contributed by atoms with Crippen LogP contribution >= 0.6 is 7.37 Å². The summed E-state index contributed by atoms with van der Waals surface area (Å²) in [4.78, 5) is 9.87. The highest BCUT2D eigenvalue weighted by Gasteiger charge is 2.62. The molecule has 0 amide bonds. The lowest BCUT2D eigenvalue weighted by molar-refractivity contribution is 0.442. The Morgan fingerprint density at radius 1 is 1.92 bits per heavy atom. The van der Waals surface area contributed by atoms with Gasteiger partial charge in [-0.05, 0) is 12.8 Å². The van der Waals surface area contributed by atoms with Gasteiger partial charge in [-0.1, -0.05) is 19.9 Å². The van der Waals surface area contributed by atoms with Gasteiger partial charge in [0.05, 0.1) is 0 Å². The highest BCUT2D eigenvalue weighted by molar-refractivity contribution is 7.60. The molecule has 0 aliphatic heterocycles. The number of nitrogens with two attached hydrogens (primary N) is 1. The molecule has 0 saturated heterocycles. The zero-order valence-electron chi connectivity index (χ0n) is 8.23. The van der Waals surface area contributed by atoms with Crippen molar-refractivity contribution in [2.45, 2.75) is 37.6 Å². The molecule has 0 aromatic carbocycles. The van der Waals surface area contributed by atoms with E-state index in [0.717, 1.165) is 0 Å². The third kappa shape index (κ3) is 1.50. The van der Waals surface area contributed by atoms with E-state index < -0.39 is 12.6 Å². The van der Waals surface area contributed by atoms with Crippen molar-refractivity contribution >= 4 is 7.37 Å². The molecule has 4 heteroatoms. The predicted molar refractivity (Wildman–Crippen MR) is 54.8 cm³/mol. The molecule has 0 aromatic heterocycles. The van der Waals surface area contributed by atoms with Gasteiger partial charge >= 0.3 is 0 Å². The Labute approximate surface area is 79.5 Å². The number of hydrogen-bond donors (Lipinski definition) is 2. The Kier molecular flexibility index (Phi) is 2.73. The van der Waals surface area contributed by atoms with Crippen molar-refractivity contribution in [3.63, 3.8) is 0 Å². The summed E-state index contributed by atoms with van der Waals surface area (Å²) in [5, 5.41) is -0.871. The van der Waals surface area contributed by atoms with E-state index in [1.807, 2.05) is 6.92 Å². The Bertz CT molecular complexity index is 266. The van der Waals surface area contributed by atoms with Gasteiger partial charge in [-0.3, -0.25) is 4.57 Å². The third-order valence-electron chi connectivity index (χ3n) is 3.10. The van der Waals surface area contributed by atoms with Gasteiger partial charge in [0.15, 0.2) is 0 Å². The molecule has 1 aliphatic carbocycles. The van der Waals surface area contributed by atoms with E-state index in [1.54, 1.807) is 13.0 Å². The van der Waals surface area contributed by atoms with E-state index >= 15 is 0 Å². The first-order valence-electron chi connectivity index (χ1n) is 4.64. The lowest BCUT2D eigenvalue weighted by Gasteiger charge is -2.24. The Morgan fingerprint density at radius 2 is 2.46 bits per heavy atom. The number of hydrogen-bond acceptors (Lipinski definition) is 2. The summed E-state index contributed by atoms with van der Waals surface area (Å²) in [7, 11) is -3.22. The van der Waals surface area contributed by atoms with E-state index in [9.17, 15) is 9.46 Å². The standard InChI is InChI=1S/C9H18NO2P/c1-4-7(3)13(11,12)9(10)6-8(9)5-2/h5,7-8H,2,4,6,10H2,1,3H3,(H,11,12)/t7?,8-,9+/m1/s1. The second-order valence-corrected chi connectivity index (χ2v) is 6.88. The molecule has 2 unspecified atom stereocenters. The van der Waals surface area contributed by atoms with Crippen LogP contribution in [0, 0.1) is 5.92 Å². The quantitative estimate of drug-likeness (QED) is 0.542. The van der Waals surface area contributed by atoms with Gasteiger partial charge in [0.25, 0.3) is 0 Å². The minimum absolute atomic E-state index is 0.0253. The molecule has 0 spiro atoms. The second-order valence-electron chi connectivity index (χ2n) is 3.92. The Morgan fingerprint density at radius 3 is 2.77 bits per heavy atom. The first-order valence-corrected chi connectivity index (χ1v) is 6.37. The van der Waals surface area contributed by atoms with Crippen molar-refractivity contribution in [1.82, 2.24) is 0 Å². The fourth-order valence-corrected chi connectivity index (χ4v) is 3.96. The van der Waals surface area contributed by atoms with Gasteiger partial charge in [-0.2, -0.15) is 0 Å². The summed E-state index contributed by atoms with van der Waals surface area (Å²) in [6.07, 6.45) is 2.98.